The molecule has 3 N–H and O–H groups in total. The van der Waals surface area contributed by atoms with E-state index in [9.17, 15) is 13.5 Å². The number of ether oxygens (including phenoxy) is 1. The summed E-state index contributed by atoms with van der Waals surface area (Å²) in [6.45, 7) is 1.34. The van der Waals surface area contributed by atoms with Crippen molar-refractivity contribution >= 4 is 21.4 Å². The van der Waals surface area contributed by atoms with Crippen molar-refractivity contribution in [2.24, 2.45) is 0 Å². The van der Waals surface area contributed by atoms with Crippen LogP contribution in [0.15, 0.2) is 53.4 Å². The smallest absolute Gasteiger partial charge is 0.261 e. The van der Waals surface area contributed by atoms with Crippen molar-refractivity contribution in [1.82, 2.24) is 5.32 Å². The lowest BCUT2D eigenvalue weighted by Crippen LogP contribution is -2.35. The second kappa shape index (κ2) is 6.68. The largest absolute Gasteiger partial charge is 0.497 e. The van der Waals surface area contributed by atoms with Crippen molar-refractivity contribution in [3.63, 3.8) is 0 Å². The quantitative estimate of drug-likeness (QED) is 0.751. The molecule has 1 atom stereocenters. The summed E-state index contributed by atoms with van der Waals surface area (Å²) in [6.07, 6.45) is -0.745. The van der Waals surface area contributed by atoms with Gasteiger partial charge in [-0.1, -0.05) is 0 Å². The van der Waals surface area contributed by atoms with Crippen LogP contribution in [0.25, 0.3) is 0 Å². The van der Waals surface area contributed by atoms with Gasteiger partial charge in [0.05, 0.1) is 12.0 Å². The zero-order valence-electron chi connectivity index (χ0n) is 13.1. The fourth-order valence-corrected chi connectivity index (χ4v) is 3.57. The van der Waals surface area contributed by atoms with Crippen LogP contribution >= 0.6 is 0 Å². The average Bonchev–Trinajstić information content (AvgIpc) is 3.01. The first-order chi connectivity index (χ1) is 11.5. The molecule has 24 heavy (non-hydrogen) atoms. The van der Waals surface area contributed by atoms with Gasteiger partial charge >= 0.3 is 0 Å². The monoisotopic (exact) mass is 349 g/mol. The topological polar surface area (TPSA) is 90.9 Å². The number of nitrogens with zero attached hydrogens (tertiary/aromatic N) is 1. The fraction of sp³-hybridized carbons (Fsp3) is 0.250. The molecule has 1 unspecified atom stereocenters. The minimum atomic E-state index is -3.67. The highest BCUT2D eigenvalue weighted by Crippen LogP contribution is 2.23. The van der Waals surface area contributed by atoms with E-state index in [1.165, 1.54) is 12.1 Å². The second-order valence-electron chi connectivity index (χ2n) is 5.35. The molecule has 0 spiro atoms. The Labute approximate surface area is 140 Å². The number of anilines is 2. The minimum Gasteiger partial charge on any atom is -0.497 e. The summed E-state index contributed by atoms with van der Waals surface area (Å²) in [4.78, 5) is 1.91. The number of benzene rings is 2. The third kappa shape index (κ3) is 3.45. The van der Waals surface area contributed by atoms with Crippen molar-refractivity contribution in [1.29, 1.82) is 0 Å². The van der Waals surface area contributed by atoms with E-state index in [1.807, 2.05) is 0 Å². The molecule has 1 aliphatic rings. The number of rotatable bonds is 5. The Morgan fingerprint density at radius 1 is 1.17 bits per heavy atom. The molecule has 3 rings (SSSR count). The summed E-state index contributed by atoms with van der Waals surface area (Å²) in [5.41, 5.74) is 1.22. The van der Waals surface area contributed by atoms with Gasteiger partial charge in [0.1, 0.15) is 5.75 Å². The van der Waals surface area contributed by atoms with E-state index >= 15 is 0 Å². The van der Waals surface area contributed by atoms with Gasteiger partial charge in [-0.15, -0.1) is 0 Å². The summed E-state index contributed by atoms with van der Waals surface area (Å²) in [7, 11) is -2.13. The van der Waals surface area contributed by atoms with Crippen LogP contribution in [0.2, 0.25) is 0 Å². The molecule has 0 amide bonds. The number of hydrogen-bond acceptors (Lipinski definition) is 6. The van der Waals surface area contributed by atoms with Gasteiger partial charge in [0.25, 0.3) is 10.0 Å². The third-order valence-corrected chi connectivity index (χ3v) is 5.19. The number of aliphatic hydroxyl groups is 1. The van der Waals surface area contributed by atoms with Crippen LogP contribution in [0.5, 0.6) is 5.75 Å². The maximum atomic E-state index is 12.4. The zero-order chi connectivity index (χ0) is 17.2. The van der Waals surface area contributed by atoms with Crippen molar-refractivity contribution in [2.45, 2.75) is 11.2 Å². The molecule has 1 heterocycles. The van der Waals surface area contributed by atoms with E-state index in [0.717, 1.165) is 5.69 Å². The van der Waals surface area contributed by atoms with Gasteiger partial charge in [-0.2, -0.15) is 0 Å². The maximum Gasteiger partial charge on any atom is 0.261 e. The lowest BCUT2D eigenvalue weighted by atomic mass is 10.3. The molecule has 7 nitrogen and oxygen atoms in total. The molecule has 1 aliphatic heterocycles. The van der Waals surface area contributed by atoms with Crippen LogP contribution in [0.4, 0.5) is 11.4 Å². The van der Waals surface area contributed by atoms with E-state index < -0.39 is 16.4 Å². The van der Waals surface area contributed by atoms with E-state index in [4.69, 9.17) is 4.74 Å². The summed E-state index contributed by atoms with van der Waals surface area (Å²) in [5, 5.41) is 12.7. The van der Waals surface area contributed by atoms with E-state index in [1.54, 1.807) is 48.4 Å². The van der Waals surface area contributed by atoms with Crippen molar-refractivity contribution in [2.75, 3.05) is 29.8 Å². The number of methoxy groups -OCH3 is 1. The van der Waals surface area contributed by atoms with E-state index in [2.05, 4.69) is 10.0 Å². The molecule has 2 aromatic rings. The highest BCUT2D eigenvalue weighted by atomic mass is 32.2. The Bertz CT molecular complexity index is 791. The molecular weight excluding hydrogens is 330 g/mol. The molecule has 1 saturated heterocycles. The SMILES string of the molecule is COc1ccc(NS(=O)(=O)c2ccc(N3CCNC3O)cc2)cc1. The minimum absolute atomic E-state index is 0.156. The fourth-order valence-electron chi connectivity index (χ4n) is 2.51. The van der Waals surface area contributed by atoms with Gasteiger partial charge in [-0.25, -0.2) is 8.42 Å². The van der Waals surface area contributed by atoms with Crippen LogP contribution in [0.1, 0.15) is 0 Å². The van der Waals surface area contributed by atoms with Crippen LogP contribution in [-0.2, 0) is 10.0 Å². The van der Waals surface area contributed by atoms with Gasteiger partial charge in [-0.3, -0.25) is 10.0 Å². The Morgan fingerprint density at radius 2 is 1.83 bits per heavy atom. The van der Waals surface area contributed by atoms with E-state index in [-0.39, 0.29) is 4.90 Å². The van der Waals surface area contributed by atoms with Gasteiger partial charge < -0.3 is 14.7 Å². The molecule has 2 aromatic carbocycles. The normalized spacial score (nSPS) is 17.8. The molecule has 0 bridgehead atoms. The van der Waals surface area contributed by atoms with Gasteiger partial charge in [0.2, 0.25) is 0 Å². The van der Waals surface area contributed by atoms with Crippen LogP contribution in [0.3, 0.4) is 0 Å². The highest BCUT2D eigenvalue weighted by molar-refractivity contribution is 7.92. The summed E-state index contributed by atoms with van der Waals surface area (Å²) >= 11 is 0. The highest BCUT2D eigenvalue weighted by Gasteiger charge is 2.22. The summed E-state index contributed by atoms with van der Waals surface area (Å²) in [6, 6.07) is 13.0. The van der Waals surface area contributed by atoms with Crippen molar-refractivity contribution in [3.8, 4) is 5.75 Å². The zero-order valence-corrected chi connectivity index (χ0v) is 14.0. The Kier molecular flexibility index (Phi) is 4.61. The van der Waals surface area contributed by atoms with Gasteiger partial charge in [-0.05, 0) is 48.5 Å². The van der Waals surface area contributed by atoms with Crippen molar-refractivity contribution in [3.05, 3.63) is 48.5 Å². The first-order valence-corrected chi connectivity index (χ1v) is 8.93. The van der Waals surface area contributed by atoms with Gasteiger partial charge in [0, 0.05) is 24.5 Å². The van der Waals surface area contributed by atoms with Crippen molar-refractivity contribution < 1.29 is 18.3 Å². The second-order valence-corrected chi connectivity index (χ2v) is 7.03. The summed E-state index contributed by atoms with van der Waals surface area (Å²) in [5.74, 6) is 0.653. The van der Waals surface area contributed by atoms with Crippen LogP contribution < -0.4 is 19.7 Å². The molecule has 0 aromatic heterocycles. The van der Waals surface area contributed by atoms with Crippen LogP contribution in [0, 0.1) is 0 Å². The van der Waals surface area contributed by atoms with E-state index in [0.29, 0.717) is 24.5 Å². The Hall–Kier alpha value is -2.29. The standard InChI is InChI=1S/C16H19N3O4S/c1-23-14-6-2-12(3-7-14)18-24(21,22)15-8-4-13(5-9-15)19-11-10-17-16(19)20/h2-9,16-18,20H,10-11H2,1H3. The predicted molar refractivity (Wildman–Crippen MR) is 91.6 cm³/mol. The molecule has 0 aliphatic carbocycles. The maximum absolute atomic E-state index is 12.4. The molecule has 8 heteroatoms. The lowest BCUT2D eigenvalue weighted by molar-refractivity contribution is 0.163. The van der Waals surface area contributed by atoms with Crippen LogP contribution in [-0.4, -0.2) is 40.1 Å². The summed E-state index contributed by atoms with van der Waals surface area (Å²) < 4.78 is 32.4. The predicted octanol–water partition coefficient (Wildman–Crippen LogP) is 1.18. The Morgan fingerprint density at radius 3 is 2.38 bits per heavy atom. The Balaban J connectivity index is 1.76. The third-order valence-electron chi connectivity index (χ3n) is 3.80. The van der Waals surface area contributed by atoms with Gasteiger partial charge in [0.15, 0.2) is 6.35 Å². The molecular formula is C16H19N3O4S. The number of nitrogens with one attached hydrogen (secondary N) is 2. The first-order valence-electron chi connectivity index (χ1n) is 7.45. The first kappa shape index (κ1) is 16.6. The molecule has 0 radical (unpaired) electrons. The molecule has 128 valence electrons. The average molecular weight is 349 g/mol. The number of sulfonamides is 1. The molecule has 0 saturated carbocycles. The molecule has 1 fully saturated rings. The number of aliphatic hydroxyl groups excluding tert-OH is 1. The lowest BCUT2D eigenvalue weighted by Gasteiger charge is -2.21. The number of hydrogen-bond donors (Lipinski definition) is 3.